The molecule has 1 aliphatic carbocycles. The lowest BCUT2D eigenvalue weighted by Crippen LogP contribution is -2.47. The van der Waals surface area contributed by atoms with Crippen molar-refractivity contribution in [2.24, 2.45) is 11.1 Å². The Morgan fingerprint density at radius 3 is 2.47 bits per heavy atom. The molecule has 2 rings (SSSR count). The van der Waals surface area contributed by atoms with E-state index < -0.39 is 0 Å². The quantitative estimate of drug-likeness (QED) is 0.768. The fraction of sp³-hybridized carbons (Fsp3) is 0.818. The second-order valence-corrected chi connectivity index (χ2v) is 5.41. The smallest absolute Gasteiger partial charge is 0.230 e. The fourth-order valence-electron chi connectivity index (χ4n) is 2.41. The van der Waals surface area contributed by atoms with Gasteiger partial charge in [-0.15, -0.1) is 0 Å². The Morgan fingerprint density at radius 2 is 2.07 bits per heavy atom. The Morgan fingerprint density at radius 1 is 1.40 bits per heavy atom. The van der Waals surface area contributed by atoms with E-state index in [0.29, 0.717) is 5.82 Å². The maximum atomic E-state index is 6.30. The molecular formula is C11H19N3O. The molecule has 0 amide bonds. The summed E-state index contributed by atoms with van der Waals surface area (Å²) < 4.78 is 5.26. The van der Waals surface area contributed by atoms with Gasteiger partial charge < -0.3 is 10.3 Å². The number of hydrogen-bond donors (Lipinski definition) is 1. The Labute approximate surface area is 90.2 Å². The summed E-state index contributed by atoms with van der Waals surface area (Å²) >= 11 is 0. The lowest BCUT2D eigenvalue weighted by atomic mass is 9.72. The summed E-state index contributed by atoms with van der Waals surface area (Å²) in [5.41, 5.74) is 6.15. The molecule has 0 spiro atoms. The van der Waals surface area contributed by atoms with Gasteiger partial charge in [-0.25, -0.2) is 0 Å². The molecule has 15 heavy (non-hydrogen) atoms. The van der Waals surface area contributed by atoms with Gasteiger partial charge in [-0.05, 0) is 32.1 Å². The highest BCUT2D eigenvalue weighted by Crippen LogP contribution is 2.53. The summed E-state index contributed by atoms with van der Waals surface area (Å²) in [7, 11) is 0. The van der Waals surface area contributed by atoms with Crippen LogP contribution in [0.4, 0.5) is 0 Å². The van der Waals surface area contributed by atoms with Gasteiger partial charge in [-0.3, -0.25) is 0 Å². The predicted molar refractivity (Wildman–Crippen MR) is 57.4 cm³/mol. The van der Waals surface area contributed by atoms with Crippen LogP contribution in [0.2, 0.25) is 0 Å². The van der Waals surface area contributed by atoms with Gasteiger partial charge in [0.2, 0.25) is 5.89 Å². The minimum atomic E-state index is -0.153. The number of aromatic nitrogens is 2. The molecule has 0 aromatic carbocycles. The zero-order valence-electron chi connectivity index (χ0n) is 9.87. The van der Waals surface area contributed by atoms with Crippen molar-refractivity contribution in [1.82, 2.24) is 10.1 Å². The molecule has 0 saturated heterocycles. The number of nitrogens with zero attached hydrogens (tertiary/aromatic N) is 2. The second-order valence-electron chi connectivity index (χ2n) is 5.41. The average molecular weight is 209 g/mol. The Balaban J connectivity index is 2.33. The summed E-state index contributed by atoms with van der Waals surface area (Å²) in [6.07, 6.45) is 2.04. The van der Waals surface area contributed by atoms with E-state index in [2.05, 4.69) is 30.9 Å². The van der Waals surface area contributed by atoms with Crippen LogP contribution in [0.3, 0.4) is 0 Å². The van der Waals surface area contributed by atoms with Crippen molar-refractivity contribution < 1.29 is 4.52 Å². The number of rotatable bonds is 1. The highest BCUT2D eigenvalue weighted by molar-refractivity contribution is 5.13. The minimum absolute atomic E-state index is 0.00593. The van der Waals surface area contributed by atoms with Crippen molar-refractivity contribution in [3.63, 3.8) is 0 Å². The van der Waals surface area contributed by atoms with E-state index in [9.17, 15) is 0 Å². The van der Waals surface area contributed by atoms with E-state index in [1.54, 1.807) is 0 Å². The summed E-state index contributed by atoms with van der Waals surface area (Å²) in [5, 5.41) is 3.85. The molecular weight excluding hydrogens is 190 g/mol. The maximum Gasteiger partial charge on any atom is 0.230 e. The maximum absolute atomic E-state index is 6.30. The molecule has 1 saturated carbocycles. The van der Waals surface area contributed by atoms with Crippen molar-refractivity contribution in [3.8, 4) is 0 Å². The Kier molecular flexibility index (Phi) is 2.15. The van der Waals surface area contributed by atoms with Crippen LogP contribution in [0.15, 0.2) is 4.52 Å². The van der Waals surface area contributed by atoms with Crippen LogP contribution in [0.1, 0.15) is 51.2 Å². The number of hydrogen-bond acceptors (Lipinski definition) is 4. The van der Waals surface area contributed by atoms with Crippen LogP contribution in [-0.4, -0.2) is 15.7 Å². The molecule has 1 aromatic heterocycles. The summed E-state index contributed by atoms with van der Waals surface area (Å²) in [4.78, 5) is 4.32. The van der Waals surface area contributed by atoms with Crippen LogP contribution >= 0.6 is 0 Å². The zero-order chi connectivity index (χ0) is 11.3. The zero-order valence-corrected chi connectivity index (χ0v) is 9.87. The molecule has 0 aliphatic heterocycles. The average Bonchev–Trinajstić information content (AvgIpc) is 2.58. The topological polar surface area (TPSA) is 64.9 Å². The van der Waals surface area contributed by atoms with E-state index in [0.717, 1.165) is 18.7 Å². The molecule has 84 valence electrons. The summed E-state index contributed by atoms with van der Waals surface area (Å²) in [5.74, 6) is 1.73. The second kappa shape index (κ2) is 3.04. The van der Waals surface area contributed by atoms with Gasteiger partial charge in [0.25, 0.3) is 0 Å². The van der Waals surface area contributed by atoms with Gasteiger partial charge in [0.15, 0.2) is 5.82 Å². The lowest BCUT2D eigenvalue weighted by Gasteiger charge is -2.37. The number of nitrogens with two attached hydrogens (primary N) is 1. The first-order valence-electron chi connectivity index (χ1n) is 5.44. The van der Waals surface area contributed by atoms with E-state index >= 15 is 0 Å². The highest BCUT2D eigenvalue weighted by atomic mass is 16.5. The fourth-order valence-corrected chi connectivity index (χ4v) is 2.41. The van der Waals surface area contributed by atoms with Crippen LogP contribution < -0.4 is 5.73 Å². The van der Waals surface area contributed by atoms with Crippen molar-refractivity contribution in [2.45, 2.75) is 52.0 Å². The largest absolute Gasteiger partial charge is 0.339 e. The van der Waals surface area contributed by atoms with Crippen molar-refractivity contribution in [3.05, 3.63) is 11.7 Å². The van der Waals surface area contributed by atoms with Crippen LogP contribution in [0.5, 0.6) is 0 Å². The first-order valence-corrected chi connectivity index (χ1v) is 5.44. The van der Waals surface area contributed by atoms with E-state index in [-0.39, 0.29) is 16.9 Å². The lowest BCUT2D eigenvalue weighted by molar-refractivity contribution is 0.181. The minimum Gasteiger partial charge on any atom is -0.339 e. The Hall–Kier alpha value is -0.900. The molecule has 4 heteroatoms. The molecule has 1 aliphatic rings. The molecule has 4 nitrogen and oxygen atoms in total. The standard InChI is InChI=1S/C11H19N3O/c1-7-13-9(15-14-7)8-5-6-11(4,12)10(8,2)3/h8H,5-6,12H2,1-4H3/t8-,11-/m1/s1. The molecule has 1 aromatic rings. The third-order valence-corrected chi connectivity index (χ3v) is 4.14. The van der Waals surface area contributed by atoms with Gasteiger partial charge in [-0.2, -0.15) is 4.98 Å². The van der Waals surface area contributed by atoms with Crippen molar-refractivity contribution in [2.75, 3.05) is 0 Å². The van der Waals surface area contributed by atoms with E-state index in [4.69, 9.17) is 10.3 Å². The molecule has 1 heterocycles. The predicted octanol–water partition coefficient (Wildman–Crippen LogP) is 2.00. The third kappa shape index (κ3) is 1.47. The molecule has 0 unspecified atom stereocenters. The summed E-state index contributed by atoms with van der Waals surface area (Å²) in [6, 6.07) is 0. The SMILES string of the molecule is Cc1noc([C@H]2CC[C@@](C)(N)C2(C)C)n1. The normalized spacial score (nSPS) is 34.6. The van der Waals surface area contributed by atoms with Gasteiger partial charge >= 0.3 is 0 Å². The van der Waals surface area contributed by atoms with Crippen LogP contribution in [0.25, 0.3) is 0 Å². The van der Waals surface area contributed by atoms with Gasteiger partial charge in [0, 0.05) is 11.5 Å². The van der Waals surface area contributed by atoms with Crippen LogP contribution in [0, 0.1) is 12.3 Å². The highest BCUT2D eigenvalue weighted by Gasteiger charge is 2.51. The Bertz CT molecular complexity index is 368. The van der Waals surface area contributed by atoms with E-state index in [1.807, 2.05) is 6.92 Å². The van der Waals surface area contributed by atoms with Gasteiger partial charge in [-0.1, -0.05) is 19.0 Å². The van der Waals surface area contributed by atoms with Crippen molar-refractivity contribution >= 4 is 0 Å². The first kappa shape index (κ1) is 10.6. The van der Waals surface area contributed by atoms with E-state index in [1.165, 1.54) is 0 Å². The van der Waals surface area contributed by atoms with Gasteiger partial charge in [0.05, 0.1) is 0 Å². The number of aryl methyl sites for hydroxylation is 1. The molecule has 0 bridgehead atoms. The van der Waals surface area contributed by atoms with Crippen LogP contribution in [-0.2, 0) is 0 Å². The van der Waals surface area contributed by atoms with Gasteiger partial charge in [0.1, 0.15) is 0 Å². The third-order valence-electron chi connectivity index (χ3n) is 4.14. The first-order chi connectivity index (χ1) is 6.84. The monoisotopic (exact) mass is 209 g/mol. The molecule has 0 radical (unpaired) electrons. The van der Waals surface area contributed by atoms with Crippen molar-refractivity contribution in [1.29, 1.82) is 0 Å². The molecule has 2 N–H and O–H groups in total. The molecule has 1 fully saturated rings. The molecule has 2 atom stereocenters. The summed E-state index contributed by atoms with van der Waals surface area (Å²) in [6.45, 7) is 8.32.